The lowest BCUT2D eigenvalue weighted by Crippen LogP contribution is -2.71. The highest BCUT2D eigenvalue weighted by Gasteiger charge is 2.63. The molecule has 11 aliphatic heterocycles. The Labute approximate surface area is 788 Å². The van der Waals surface area contributed by atoms with Gasteiger partial charge in [0.1, 0.15) is 262 Å². The molecule has 0 saturated carbocycles. The molecule has 61 nitrogen and oxygen atoms in total. The number of aliphatic hydroxyl groups is 28. The predicted molar refractivity (Wildman–Crippen MR) is 430 cm³/mol. The van der Waals surface area contributed by atoms with Crippen LogP contribution in [0.4, 0.5) is 0 Å². The van der Waals surface area contributed by atoms with Gasteiger partial charge in [0.05, 0.1) is 72.2 Å². The summed E-state index contributed by atoms with van der Waals surface area (Å²) in [6.07, 6.45) is -105. The molecule has 11 fully saturated rings. The van der Waals surface area contributed by atoms with E-state index in [1.807, 2.05) is 0 Å². The van der Waals surface area contributed by atoms with E-state index in [0.29, 0.717) is 0 Å². The van der Waals surface area contributed by atoms with E-state index in [9.17, 15) is 172 Å². The summed E-state index contributed by atoms with van der Waals surface area (Å²) in [5.41, 5.74) is 0. The summed E-state index contributed by atoms with van der Waals surface area (Å²) in [7, 11) is 0. The second kappa shape index (κ2) is 50.0. The van der Waals surface area contributed by atoms with Gasteiger partial charge in [-0.2, -0.15) is 0 Å². The molecule has 0 bridgehead atoms. The van der Waals surface area contributed by atoms with Crippen LogP contribution in [-0.4, -0.2) is 582 Å². The third-order valence-electron chi connectivity index (χ3n) is 25.3. The third-order valence-corrected chi connectivity index (χ3v) is 25.3. The number of hydrogen-bond donors (Lipinski definition) is 34. The van der Waals surface area contributed by atoms with Crippen LogP contribution in [0.2, 0.25) is 0 Å². The minimum absolute atomic E-state index is 0.839. The number of aliphatic hydroxyl groups excluding tert-OH is 28. The van der Waals surface area contributed by atoms with Crippen molar-refractivity contribution in [2.45, 2.75) is 386 Å². The number of amides is 6. The summed E-state index contributed by atoms with van der Waals surface area (Å²) in [5.74, 6) is -5.67. The summed E-state index contributed by atoms with van der Waals surface area (Å²) >= 11 is 0. The van der Waals surface area contributed by atoms with Crippen molar-refractivity contribution in [3.63, 3.8) is 0 Å². The summed E-state index contributed by atoms with van der Waals surface area (Å²) in [5, 5.41) is 332. The van der Waals surface area contributed by atoms with Crippen molar-refractivity contribution in [3.05, 3.63) is 0 Å². The van der Waals surface area contributed by atoms with Gasteiger partial charge in [0.25, 0.3) is 0 Å². The summed E-state index contributed by atoms with van der Waals surface area (Å²) in [6.45, 7) is -4.52. The molecule has 6 amide bonds. The molecular weight excluding hydrogens is 1900 g/mol. The second-order valence-corrected chi connectivity index (χ2v) is 35.3. The molecule has 0 aromatic rings. The van der Waals surface area contributed by atoms with E-state index >= 15 is 0 Å². The first-order chi connectivity index (χ1) is 65.6. The van der Waals surface area contributed by atoms with Gasteiger partial charge in [-0.15, -0.1) is 0 Å². The molecule has 0 aromatic carbocycles. The van der Waals surface area contributed by atoms with Gasteiger partial charge >= 0.3 is 0 Å². The van der Waals surface area contributed by atoms with E-state index < -0.39 is 439 Å². The molecule has 11 aliphatic rings. The first-order valence-corrected chi connectivity index (χ1v) is 44.5. The van der Waals surface area contributed by atoms with Crippen molar-refractivity contribution in [1.29, 1.82) is 0 Å². The van der Waals surface area contributed by atoms with Crippen molar-refractivity contribution in [2.75, 3.05) is 66.1 Å². The first kappa shape index (κ1) is 114. The van der Waals surface area contributed by atoms with E-state index in [0.717, 1.165) is 41.5 Å². The Morgan fingerprint density at radius 3 is 0.885 bits per heavy atom. The Morgan fingerprint density at radius 2 is 0.460 bits per heavy atom. The molecule has 0 aromatic heterocycles. The fraction of sp³-hybridized carbons (Fsp3) is 0.923. The number of carbonyl (C=O) groups is 6. The van der Waals surface area contributed by atoms with E-state index in [1.165, 1.54) is 6.92 Å². The Bertz CT molecular complexity index is 3900. The van der Waals surface area contributed by atoms with Crippen molar-refractivity contribution in [2.24, 2.45) is 0 Å². The zero-order valence-corrected chi connectivity index (χ0v) is 75.4. The number of ether oxygens (including phenoxy) is 21. The van der Waals surface area contributed by atoms with Crippen LogP contribution in [0, 0.1) is 0 Å². The Kier molecular flexibility index (Phi) is 41.1. The minimum Gasteiger partial charge on any atom is -0.394 e. The van der Waals surface area contributed by atoms with Crippen LogP contribution in [0.15, 0.2) is 0 Å². The average molecular weight is 2030 g/mol. The van der Waals surface area contributed by atoms with E-state index in [2.05, 4.69) is 31.9 Å². The van der Waals surface area contributed by atoms with Crippen LogP contribution in [0.25, 0.3) is 0 Å². The third kappa shape index (κ3) is 26.0. The van der Waals surface area contributed by atoms with Gasteiger partial charge in [-0.25, -0.2) is 0 Å². The molecule has 0 aliphatic carbocycles. The summed E-state index contributed by atoms with van der Waals surface area (Å²) in [6, 6.07) is -11.5. The highest BCUT2D eigenvalue weighted by molar-refractivity contribution is 5.75. The largest absolute Gasteiger partial charge is 0.394 e. The van der Waals surface area contributed by atoms with Crippen molar-refractivity contribution in [3.8, 4) is 0 Å². The maximum absolute atomic E-state index is 13.5. The van der Waals surface area contributed by atoms with Gasteiger partial charge in [0.15, 0.2) is 69.2 Å². The monoisotopic (exact) mass is 2030 g/mol. The van der Waals surface area contributed by atoms with E-state index in [-0.39, 0.29) is 0 Å². The Balaban J connectivity index is 0.990. The number of carbonyl (C=O) groups excluding carboxylic acids is 6. The standard InChI is InChI=1S/C78H130N6O55/c1-18-41(98)54(111)57(114)74(122-18)120-17-34-64(51(108)35(68(118)123-34)79-19(2)92)134-73-40(84-24(7)97)53(110)62(30(13-90)129-73)136-76-60(117)65(47(104)33(131-76)16-121-77-66(138-70-37(81-21(4)94)49(106)43(100)26(9-86)125-70)56(113)46(103)32(132-77)15-119-69-36(80-20(3)93)48(105)42(99)25(8-85)124-69)137-78-67(139-71-38(82-22(5)95)50(107)44(101)27(10-87)126-71)59(116)63(31(14-91)130-78)133-72-39(83-23(6)96)52(109)61(29(12-89)128-72)135-75-58(115)55(112)45(102)28(11-88)127-75/h18,25-78,85-91,98-118H,8-17H2,1-7H3,(H,79,92)(H,80,93)(H,81,94)(H,82,95)(H,83,96)(H,84,97)/t18-,25+,26+,27+,28+,29+,30+,31+,32+,33+,34+,35+,36+,37+,38+,39+,40+,41+,42+,43+,44+,45-,46+,47+,48+,49+,50+,51+,52+,53+,54+,55-,56-,57-,58+,59-,60-,61+,62+,63+,64+,65-,66-,67-,68+,69+,70-,71-,72-,73-,74+,75-,76-,77-,78+/m0/s1. The van der Waals surface area contributed by atoms with Gasteiger partial charge in [0, 0.05) is 41.5 Å². The second-order valence-electron chi connectivity index (χ2n) is 35.3. The molecule has 0 unspecified atom stereocenters. The smallest absolute Gasteiger partial charge is 0.217 e. The minimum atomic E-state index is -2.76. The first-order valence-electron chi connectivity index (χ1n) is 44.5. The molecule has 802 valence electrons. The van der Waals surface area contributed by atoms with Gasteiger partial charge in [-0.1, -0.05) is 0 Å². The maximum Gasteiger partial charge on any atom is 0.217 e. The van der Waals surface area contributed by atoms with Gasteiger partial charge in [-0.05, 0) is 6.92 Å². The quantitative estimate of drug-likeness (QED) is 0.0277. The molecule has 0 spiro atoms. The fourth-order valence-electron chi connectivity index (χ4n) is 18.0. The highest BCUT2D eigenvalue weighted by atomic mass is 16.8. The zero-order valence-electron chi connectivity index (χ0n) is 75.4. The van der Waals surface area contributed by atoms with Crippen LogP contribution in [0.5, 0.6) is 0 Å². The molecular formula is C78H130N6O55. The van der Waals surface area contributed by atoms with Crippen LogP contribution in [0.1, 0.15) is 48.5 Å². The molecule has 11 rings (SSSR count). The number of nitrogens with one attached hydrogen (secondary N) is 6. The normalized spacial score (nSPS) is 48.3. The number of hydrogen-bond acceptors (Lipinski definition) is 55. The van der Waals surface area contributed by atoms with Crippen molar-refractivity contribution in [1.82, 2.24) is 31.9 Å². The Morgan fingerprint density at radius 1 is 0.201 bits per heavy atom. The maximum atomic E-state index is 13.5. The van der Waals surface area contributed by atoms with E-state index in [1.54, 1.807) is 0 Å². The zero-order chi connectivity index (χ0) is 102. The molecule has 11 heterocycles. The Hall–Kier alpha value is -5.14. The lowest BCUT2D eigenvalue weighted by Gasteiger charge is -2.52. The van der Waals surface area contributed by atoms with Gasteiger partial charge < -0.3 is 274 Å². The average Bonchev–Trinajstić information content (AvgIpc) is 0.767. The number of rotatable bonds is 36. The lowest BCUT2D eigenvalue weighted by molar-refractivity contribution is -0.404. The molecule has 11 saturated heterocycles. The summed E-state index contributed by atoms with van der Waals surface area (Å²) in [4.78, 5) is 77.6. The van der Waals surface area contributed by atoms with Crippen LogP contribution in [-0.2, 0) is 128 Å². The van der Waals surface area contributed by atoms with Crippen LogP contribution >= 0.6 is 0 Å². The lowest BCUT2D eigenvalue weighted by atomic mass is 9.93. The molecule has 55 atom stereocenters. The van der Waals surface area contributed by atoms with E-state index in [4.69, 9.17) is 99.5 Å². The molecule has 34 N–H and O–H groups in total. The van der Waals surface area contributed by atoms with Crippen LogP contribution in [0.3, 0.4) is 0 Å². The fourth-order valence-corrected chi connectivity index (χ4v) is 18.0. The molecule has 61 heteroatoms. The predicted octanol–water partition coefficient (Wildman–Crippen LogP) is -23.1. The molecule has 139 heavy (non-hydrogen) atoms. The van der Waals surface area contributed by atoms with Crippen molar-refractivity contribution < 1.29 is 271 Å². The van der Waals surface area contributed by atoms with Crippen molar-refractivity contribution >= 4 is 35.4 Å². The summed E-state index contributed by atoms with van der Waals surface area (Å²) < 4.78 is 127. The topological polar surface area (TPSA) is 935 Å². The molecule has 0 radical (unpaired) electrons. The van der Waals surface area contributed by atoms with Gasteiger partial charge in [0.2, 0.25) is 35.4 Å². The van der Waals surface area contributed by atoms with Crippen LogP contribution < -0.4 is 31.9 Å². The SMILES string of the molecule is CC(=O)N[C@@H]1[C@@H](O)[C@H](O[C@@H]2O[C@H](CO)[C@@H](O[C@@H]3O[C@H](CO[C@H]4O[C@H](CO[C@@H]5O[C@H](CO)[C@@H](O)[C@H](O)[C@H]5NC(C)=O)[C@@H](O)[C@H](O)[C@@H]4O[C@@H]4O[C@H](CO)[C@@H](O)[C@H](O)[C@H]4NC(C)=O)[C@@H](O)[C@H](O[C@H]4O[C@H](CO)[C@@H](O[C@@H]5O[C@H](CO)[C@@H](O[C@@H]6O[C@H](CO)[C@H](O)[C@H](O)[C@H]6O)[C@H](O)[C@H]5NC(C)=O)[C@H](O)[C@@H]4O[C@@H]4O[C@H](CO)[C@@H](O)[C@H](O)[C@H]4NC(C)=O)[C@@H]3O)[C@H](O)[C@H]2NC(C)=O)[C@@H](CO[C@@H]2O[C@@H](C)[C@@H](O)[C@@H](O)[C@@H]2O)O[C@H]1O. The highest BCUT2D eigenvalue weighted by Crippen LogP contribution is 2.42. The van der Waals surface area contributed by atoms with Gasteiger partial charge in [-0.3, -0.25) is 28.8 Å².